The predicted octanol–water partition coefficient (Wildman–Crippen LogP) is 3.43. The third kappa shape index (κ3) is 5.98. The van der Waals surface area contributed by atoms with Crippen LogP contribution in [0.2, 0.25) is 0 Å². The molecule has 19 heavy (non-hydrogen) atoms. The minimum Gasteiger partial charge on any atom is -0.619 e. The smallest absolute Gasteiger partial charge is 0.215 e. The summed E-state index contributed by atoms with van der Waals surface area (Å²) >= 11 is 0. The second-order valence-corrected chi connectivity index (χ2v) is 3.62. The predicted molar refractivity (Wildman–Crippen MR) is 78.4 cm³/mol. The van der Waals surface area contributed by atoms with Gasteiger partial charge in [-0.2, -0.15) is 4.74 Å². The second kappa shape index (κ2) is 8.42. The highest BCUT2D eigenvalue weighted by Gasteiger charge is 1.91. The average molecular weight is 253 g/mol. The molecule has 0 atom stereocenters. The van der Waals surface area contributed by atoms with Crippen molar-refractivity contribution in [2.45, 2.75) is 0 Å². The van der Waals surface area contributed by atoms with Gasteiger partial charge in [-0.1, -0.05) is 54.6 Å². The van der Waals surface area contributed by atoms with E-state index in [1.165, 1.54) is 6.08 Å². The van der Waals surface area contributed by atoms with Gasteiger partial charge in [0.25, 0.3) is 0 Å². The zero-order chi connectivity index (χ0) is 13.9. The first kappa shape index (κ1) is 14.4. The summed E-state index contributed by atoms with van der Waals surface area (Å²) in [5.41, 5.74) is 1.63. The molecule has 0 saturated carbocycles. The van der Waals surface area contributed by atoms with E-state index in [-0.39, 0.29) is 0 Å². The highest BCUT2D eigenvalue weighted by molar-refractivity contribution is 5.73. The van der Waals surface area contributed by atoms with E-state index in [1.54, 1.807) is 30.3 Å². The quantitative estimate of drug-likeness (QED) is 0.210. The van der Waals surface area contributed by atoms with E-state index in [4.69, 9.17) is 0 Å². The molecule has 0 aliphatic heterocycles. The molecule has 0 aliphatic carbocycles. The van der Waals surface area contributed by atoms with Crippen molar-refractivity contribution in [2.24, 2.45) is 0 Å². The van der Waals surface area contributed by atoms with Crippen LogP contribution >= 0.6 is 0 Å². The maximum absolute atomic E-state index is 10.5. The van der Waals surface area contributed by atoms with Crippen LogP contribution in [0.3, 0.4) is 0 Å². The molecule has 0 bridgehead atoms. The minimum absolute atomic E-state index is 0.581. The number of hydrogen-bond donors (Lipinski definition) is 0. The van der Waals surface area contributed by atoms with Crippen LogP contribution in [-0.2, 0) is 4.79 Å². The van der Waals surface area contributed by atoms with Gasteiger partial charge in [0.1, 0.15) is 13.0 Å². The summed E-state index contributed by atoms with van der Waals surface area (Å²) in [5.74, 6) is 0. The van der Waals surface area contributed by atoms with Crippen molar-refractivity contribution in [3.63, 3.8) is 0 Å². The zero-order valence-electron chi connectivity index (χ0n) is 10.5. The Hall–Kier alpha value is -2.68. The first-order chi connectivity index (χ1) is 9.24. The second-order valence-electron chi connectivity index (χ2n) is 3.62. The molecule has 0 fully saturated rings. The molecule has 0 unspecified atom stereocenters. The lowest BCUT2D eigenvalue weighted by Crippen LogP contribution is -1.86. The van der Waals surface area contributed by atoms with Gasteiger partial charge in [0, 0.05) is 12.1 Å². The molecule has 0 spiro atoms. The molecule has 2 rings (SSSR count). The number of nitrogens with zero attached hydrogens (tertiary/aromatic N) is 1. The summed E-state index contributed by atoms with van der Waals surface area (Å²) in [4.78, 5) is 9.89. The van der Waals surface area contributed by atoms with E-state index in [1.807, 2.05) is 36.4 Å². The molecular weight excluding hydrogens is 238 g/mol. The Kier molecular flexibility index (Phi) is 6.37. The summed E-state index contributed by atoms with van der Waals surface area (Å²) in [6, 6.07) is 18.6. The van der Waals surface area contributed by atoms with Crippen molar-refractivity contribution in [3.05, 3.63) is 77.5 Å². The maximum Gasteiger partial charge on any atom is 0.215 e. The molecule has 96 valence electrons. The number of allylic oxidation sites excluding steroid dienone is 1. The Morgan fingerprint density at radius 1 is 0.947 bits per heavy atom. The summed E-state index contributed by atoms with van der Waals surface area (Å²) in [5, 5.41) is 10.5. The SMILES string of the molecule is C=[N+]([O-])c1ccccc1.O=CC=Cc1ccccc1. The monoisotopic (exact) mass is 253 g/mol. The first-order valence-electron chi connectivity index (χ1n) is 5.73. The van der Waals surface area contributed by atoms with Crippen molar-refractivity contribution >= 4 is 24.8 Å². The van der Waals surface area contributed by atoms with Crippen molar-refractivity contribution in [2.75, 3.05) is 0 Å². The third-order valence-electron chi connectivity index (χ3n) is 2.21. The van der Waals surface area contributed by atoms with Gasteiger partial charge < -0.3 is 5.21 Å². The Morgan fingerprint density at radius 3 is 1.89 bits per heavy atom. The highest BCUT2D eigenvalue weighted by Crippen LogP contribution is 2.06. The molecule has 0 N–H and O–H groups in total. The lowest BCUT2D eigenvalue weighted by atomic mass is 10.2. The maximum atomic E-state index is 10.5. The molecule has 3 nitrogen and oxygen atoms in total. The summed E-state index contributed by atoms with van der Waals surface area (Å²) in [7, 11) is 0. The van der Waals surface area contributed by atoms with Gasteiger partial charge in [-0.15, -0.1) is 0 Å². The molecule has 3 heteroatoms. The molecule has 0 aromatic heterocycles. The van der Waals surface area contributed by atoms with Crippen LogP contribution in [0.5, 0.6) is 0 Å². The van der Waals surface area contributed by atoms with Crippen LogP contribution in [0.1, 0.15) is 5.56 Å². The Balaban J connectivity index is 0.000000191. The minimum atomic E-state index is 0.581. The van der Waals surface area contributed by atoms with Crippen LogP contribution in [0.15, 0.2) is 66.7 Å². The fraction of sp³-hybridized carbons (Fsp3) is 0. The average Bonchev–Trinajstić information content (AvgIpc) is 2.48. The number of carbonyl (C=O) groups excluding carboxylic acids is 1. The Bertz CT molecular complexity index is 533. The van der Waals surface area contributed by atoms with Gasteiger partial charge in [-0.05, 0) is 11.6 Å². The van der Waals surface area contributed by atoms with E-state index in [2.05, 4.69) is 6.72 Å². The van der Waals surface area contributed by atoms with Crippen LogP contribution < -0.4 is 0 Å². The van der Waals surface area contributed by atoms with Gasteiger partial charge >= 0.3 is 0 Å². The van der Waals surface area contributed by atoms with Crippen molar-refractivity contribution in [1.82, 2.24) is 0 Å². The van der Waals surface area contributed by atoms with Crippen LogP contribution in [0, 0.1) is 5.21 Å². The number of hydrogen-bond acceptors (Lipinski definition) is 2. The topological polar surface area (TPSA) is 43.1 Å². The lowest BCUT2D eigenvalue weighted by Gasteiger charge is -1.96. The van der Waals surface area contributed by atoms with E-state index in [0.717, 1.165) is 11.8 Å². The van der Waals surface area contributed by atoms with Gasteiger partial charge in [-0.3, -0.25) is 4.79 Å². The summed E-state index contributed by atoms with van der Waals surface area (Å²) in [6.07, 6.45) is 4.02. The van der Waals surface area contributed by atoms with Crippen molar-refractivity contribution in [1.29, 1.82) is 0 Å². The van der Waals surface area contributed by atoms with E-state index >= 15 is 0 Å². The molecule has 0 radical (unpaired) electrons. The fourth-order valence-electron chi connectivity index (χ4n) is 1.31. The first-order valence-corrected chi connectivity index (χ1v) is 5.73. The lowest BCUT2D eigenvalue weighted by molar-refractivity contribution is -0.349. The third-order valence-corrected chi connectivity index (χ3v) is 2.21. The number of rotatable bonds is 3. The molecule has 0 aliphatic rings. The Labute approximate surface area is 112 Å². The van der Waals surface area contributed by atoms with Crippen LogP contribution in [0.4, 0.5) is 5.69 Å². The fourth-order valence-corrected chi connectivity index (χ4v) is 1.31. The van der Waals surface area contributed by atoms with Crippen molar-refractivity contribution in [3.8, 4) is 0 Å². The van der Waals surface area contributed by atoms with Gasteiger partial charge in [0.2, 0.25) is 5.69 Å². The number of para-hydroxylation sites is 1. The number of aldehydes is 1. The molecule has 2 aromatic rings. The number of benzene rings is 2. The van der Waals surface area contributed by atoms with Gasteiger partial charge in [0.15, 0.2) is 0 Å². The molecule has 2 aromatic carbocycles. The van der Waals surface area contributed by atoms with Crippen molar-refractivity contribution < 1.29 is 9.53 Å². The summed E-state index contributed by atoms with van der Waals surface area (Å²) in [6.45, 7) is 3.19. The summed E-state index contributed by atoms with van der Waals surface area (Å²) < 4.78 is 0.583. The molecule has 0 heterocycles. The molecular formula is C16H15NO2. The van der Waals surface area contributed by atoms with Crippen LogP contribution in [-0.4, -0.2) is 17.7 Å². The largest absolute Gasteiger partial charge is 0.619 e. The van der Waals surface area contributed by atoms with Crippen LogP contribution in [0.25, 0.3) is 6.08 Å². The van der Waals surface area contributed by atoms with E-state index < -0.39 is 0 Å². The number of carbonyl (C=O) groups is 1. The normalized spacial score (nSPS) is 9.47. The molecule has 0 amide bonds. The Morgan fingerprint density at radius 2 is 1.47 bits per heavy atom. The standard InChI is InChI=1S/C9H8O.C7H7NO/c10-8-4-7-9-5-2-1-3-6-9;1-8(9)7-5-3-2-4-6-7/h1-8H;2-6H,1H2. The van der Waals surface area contributed by atoms with Gasteiger partial charge in [0.05, 0.1) is 0 Å². The zero-order valence-corrected chi connectivity index (χ0v) is 10.5. The van der Waals surface area contributed by atoms with E-state index in [0.29, 0.717) is 10.4 Å². The highest BCUT2D eigenvalue weighted by atomic mass is 16.5. The van der Waals surface area contributed by atoms with Gasteiger partial charge in [-0.25, -0.2) is 0 Å². The molecule has 0 saturated heterocycles. The van der Waals surface area contributed by atoms with E-state index in [9.17, 15) is 10.0 Å².